The monoisotopic (exact) mass is 238 g/mol. The second-order valence-electron chi connectivity index (χ2n) is 2.30. The van der Waals surface area contributed by atoms with Crippen molar-refractivity contribution in [3.8, 4) is 0 Å². The van der Waals surface area contributed by atoms with E-state index in [-0.39, 0.29) is 10.6 Å². The Morgan fingerprint density at radius 3 is 1.73 bits per heavy atom. The van der Waals surface area contributed by atoms with Crippen LogP contribution < -0.4 is 5.73 Å². The quantitative estimate of drug-likeness (QED) is 0.348. The first-order valence-electron chi connectivity index (χ1n) is 3.21. The molecule has 0 aliphatic carbocycles. The Hall–Kier alpha value is -1.57. The summed E-state index contributed by atoms with van der Waals surface area (Å²) in [4.78, 5) is 13.0. The number of nitrogens with zero attached hydrogens (tertiary/aromatic N) is 3. The lowest BCUT2D eigenvalue weighted by atomic mass is 10.1. The maximum Gasteiger partial charge on any atom is 0.226 e. The van der Waals surface area contributed by atoms with E-state index in [1.807, 2.05) is 0 Å². The van der Waals surface area contributed by atoms with Gasteiger partial charge in [-0.15, -0.1) is 0 Å². The molecule has 0 rings (SSSR count). The minimum atomic E-state index is -0.718. The second-order valence-corrected chi connectivity index (χ2v) is 2.30. The Morgan fingerprint density at radius 2 is 1.67 bits per heavy atom. The van der Waals surface area contributed by atoms with Crippen LogP contribution in [0.4, 0.5) is 23.0 Å². The third-order valence-corrected chi connectivity index (χ3v) is 1.10. The van der Waals surface area contributed by atoms with Crippen molar-refractivity contribution in [3.05, 3.63) is 10.4 Å². The van der Waals surface area contributed by atoms with E-state index >= 15 is 0 Å². The highest BCUT2D eigenvalue weighted by atomic mass is 20.0. The Morgan fingerprint density at radius 1 is 1.33 bits per heavy atom. The Balaban J connectivity index is -0.000000107. The van der Waals surface area contributed by atoms with Crippen molar-refractivity contribution in [1.29, 1.82) is 0 Å². The SMILES string of the molecule is CC(C)[C@@H](N=[N+]=[N-])C(N)=O.F.FF.FF. The molecule has 0 radical (unpaired) electrons. The number of carbonyl (C=O) groups is 1. The fraction of sp³-hybridized carbons (Fsp3) is 0.800. The minimum Gasteiger partial charge on any atom is -0.369 e. The highest BCUT2D eigenvalue weighted by Gasteiger charge is 2.16. The molecule has 0 aliphatic heterocycles. The van der Waals surface area contributed by atoms with Crippen LogP contribution in [0.5, 0.6) is 0 Å². The van der Waals surface area contributed by atoms with Gasteiger partial charge in [0.1, 0.15) is 6.04 Å². The lowest BCUT2D eigenvalue weighted by Gasteiger charge is -2.08. The average Bonchev–Trinajstić information content (AvgIpc) is 2.19. The molecule has 10 heteroatoms. The van der Waals surface area contributed by atoms with Crippen molar-refractivity contribution in [2.45, 2.75) is 19.9 Å². The van der Waals surface area contributed by atoms with E-state index in [1.54, 1.807) is 13.8 Å². The van der Waals surface area contributed by atoms with Gasteiger partial charge in [-0.2, -0.15) is 0 Å². The van der Waals surface area contributed by atoms with Crippen molar-refractivity contribution >= 4 is 5.91 Å². The normalized spacial score (nSPS) is 9.00. The van der Waals surface area contributed by atoms with Crippen LogP contribution in [-0.4, -0.2) is 11.9 Å². The third-order valence-electron chi connectivity index (χ3n) is 1.10. The van der Waals surface area contributed by atoms with E-state index in [0.717, 1.165) is 0 Å². The molecule has 0 heterocycles. The number of nitrogens with two attached hydrogens (primary N) is 1. The van der Waals surface area contributed by atoms with Crippen molar-refractivity contribution in [1.82, 2.24) is 0 Å². The number of carbonyl (C=O) groups excluding carboxylic acids is 1. The summed E-state index contributed by atoms with van der Waals surface area (Å²) in [7, 11) is 0. The molecule has 0 aromatic rings. The van der Waals surface area contributed by atoms with E-state index in [2.05, 4.69) is 10.0 Å². The molecule has 0 saturated heterocycles. The van der Waals surface area contributed by atoms with Gasteiger partial charge in [-0.25, -0.2) is 0 Å². The van der Waals surface area contributed by atoms with Crippen LogP contribution in [0.2, 0.25) is 0 Å². The lowest BCUT2D eigenvalue weighted by molar-refractivity contribution is -0.120. The number of rotatable bonds is 3. The molecule has 15 heavy (non-hydrogen) atoms. The van der Waals surface area contributed by atoms with Crippen LogP contribution in [-0.2, 0) is 4.79 Å². The summed E-state index contributed by atoms with van der Waals surface area (Å²) in [6.45, 7) is 3.54. The van der Waals surface area contributed by atoms with Crippen molar-refractivity contribution < 1.29 is 27.8 Å². The van der Waals surface area contributed by atoms with Gasteiger partial charge >= 0.3 is 0 Å². The molecule has 2 N–H and O–H groups in total. The molecule has 1 atom stereocenters. The predicted octanol–water partition coefficient (Wildman–Crippen LogP) is 2.64. The maximum atomic E-state index is 10.5. The van der Waals surface area contributed by atoms with Crippen molar-refractivity contribution in [2.75, 3.05) is 0 Å². The number of primary amides is 1. The van der Waals surface area contributed by atoms with E-state index in [1.165, 1.54) is 0 Å². The summed E-state index contributed by atoms with van der Waals surface area (Å²) >= 11 is 0. The smallest absolute Gasteiger partial charge is 0.226 e. The lowest BCUT2D eigenvalue weighted by Crippen LogP contribution is -2.30. The molecule has 0 fully saturated rings. The van der Waals surface area contributed by atoms with E-state index < -0.39 is 11.9 Å². The van der Waals surface area contributed by atoms with Gasteiger partial charge in [-0.1, -0.05) is 19.0 Å². The summed E-state index contributed by atoms with van der Waals surface area (Å²) in [6, 6.07) is -0.718. The Labute approximate surface area is 82.0 Å². The van der Waals surface area contributed by atoms with E-state index in [4.69, 9.17) is 29.6 Å². The fourth-order valence-corrected chi connectivity index (χ4v) is 0.574. The van der Waals surface area contributed by atoms with Crippen molar-refractivity contribution in [3.63, 3.8) is 0 Å². The summed E-state index contributed by atoms with van der Waals surface area (Å²) < 4.78 is 32.0. The molecule has 0 unspecified atom stereocenters. The van der Waals surface area contributed by atoms with Crippen LogP contribution in [0.15, 0.2) is 5.11 Å². The van der Waals surface area contributed by atoms with Crippen LogP contribution in [0.25, 0.3) is 10.4 Å². The van der Waals surface area contributed by atoms with Gasteiger partial charge in [0.25, 0.3) is 0 Å². The van der Waals surface area contributed by atoms with Crippen LogP contribution in [0, 0.1) is 5.92 Å². The van der Waals surface area contributed by atoms with Crippen LogP contribution in [0.1, 0.15) is 13.8 Å². The minimum absolute atomic E-state index is 0. The van der Waals surface area contributed by atoms with Crippen LogP contribution in [0.3, 0.4) is 0 Å². The largest absolute Gasteiger partial charge is 0.369 e. The van der Waals surface area contributed by atoms with Gasteiger partial charge in [0.05, 0.1) is 0 Å². The van der Waals surface area contributed by atoms with Gasteiger partial charge < -0.3 is 5.73 Å². The third kappa shape index (κ3) is 15.2. The topological polar surface area (TPSA) is 91.8 Å². The Bertz CT molecular complexity index is 182. The number of amides is 1. The molecular weight excluding hydrogens is 227 g/mol. The number of halogens is 5. The standard InChI is InChI=1S/C5H10N4O.2F2.FH/c1-3(2)4(5(6)10)8-9-7;2*1-2;/h3-4H,1-2H3,(H2,6,10);;;1H/t4-;;;/m1.../s1. The van der Waals surface area contributed by atoms with E-state index in [0.29, 0.717) is 0 Å². The first-order chi connectivity index (χ1) is 6.59. The van der Waals surface area contributed by atoms with Gasteiger partial charge in [0.2, 0.25) is 5.91 Å². The second kappa shape index (κ2) is 18.3. The molecule has 0 aliphatic rings. The highest BCUT2D eigenvalue weighted by Crippen LogP contribution is 2.04. The molecule has 0 saturated carbocycles. The zero-order valence-corrected chi connectivity index (χ0v) is 7.90. The molecule has 0 spiro atoms. The van der Waals surface area contributed by atoms with Crippen LogP contribution >= 0.6 is 0 Å². The summed E-state index contributed by atoms with van der Waals surface area (Å²) in [6.07, 6.45) is 0. The predicted molar refractivity (Wildman–Crippen MR) is 43.9 cm³/mol. The number of hydrogen-bond acceptors (Lipinski definition) is 2. The molecule has 92 valence electrons. The highest BCUT2D eigenvalue weighted by molar-refractivity contribution is 5.80. The number of azide groups is 1. The first-order valence-corrected chi connectivity index (χ1v) is 3.21. The van der Waals surface area contributed by atoms with Gasteiger partial charge in [0.15, 0.2) is 0 Å². The fourth-order valence-electron chi connectivity index (χ4n) is 0.574. The molecule has 5 nitrogen and oxygen atoms in total. The zero-order chi connectivity index (χ0) is 12.1. The maximum absolute atomic E-state index is 10.5. The zero-order valence-electron chi connectivity index (χ0n) is 7.90. The summed E-state index contributed by atoms with van der Waals surface area (Å²) in [5.41, 5.74) is 12.9. The van der Waals surface area contributed by atoms with E-state index in [9.17, 15) is 4.79 Å². The van der Waals surface area contributed by atoms with Gasteiger partial charge in [-0.3, -0.25) is 9.50 Å². The van der Waals surface area contributed by atoms with Crippen molar-refractivity contribution in [2.24, 2.45) is 16.8 Å². The first kappa shape index (κ1) is 23.3. The Kier molecular flexibility index (Phi) is 28.4. The molecule has 0 bridgehead atoms. The average molecular weight is 238 g/mol. The summed E-state index contributed by atoms with van der Waals surface area (Å²) in [5.74, 6) is -0.610. The molecule has 0 aromatic heterocycles. The molecular formula is C5H11F5N4O. The molecule has 0 aromatic carbocycles. The van der Waals surface area contributed by atoms with Gasteiger partial charge in [-0.05, 0) is 11.4 Å². The number of hydrogen-bond donors (Lipinski definition) is 1. The summed E-state index contributed by atoms with van der Waals surface area (Å²) in [5, 5.41) is 3.23. The van der Waals surface area contributed by atoms with Gasteiger partial charge in [0, 0.05) is 23.2 Å². The molecule has 1 amide bonds.